The first kappa shape index (κ1) is 13.7. The zero-order valence-corrected chi connectivity index (χ0v) is 12.1. The van der Waals surface area contributed by atoms with Gasteiger partial charge in [0.25, 0.3) is 0 Å². The summed E-state index contributed by atoms with van der Waals surface area (Å²) >= 11 is 0. The summed E-state index contributed by atoms with van der Waals surface area (Å²) in [5.74, 6) is 1.65. The number of furan rings is 1. The van der Waals surface area contributed by atoms with E-state index in [1.54, 1.807) is 0 Å². The largest absolute Gasteiger partial charge is 0.491 e. The van der Waals surface area contributed by atoms with Crippen LogP contribution in [0.4, 0.5) is 0 Å². The minimum absolute atomic E-state index is 0.276. The number of nitrogens with two attached hydrogens (primary N) is 1. The third-order valence-electron chi connectivity index (χ3n) is 3.58. The van der Waals surface area contributed by atoms with E-state index in [1.807, 2.05) is 48.5 Å². The highest BCUT2D eigenvalue weighted by Gasteiger charge is 2.13. The lowest BCUT2D eigenvalue weighted by Crippen LogP contribution is -2.18. The molecule has 0 aliphatic carbocycles. The van der Waals surface area contributed by atoms with Gasteiger partial charge in [-0.3, -0.25) is 0 Å². The van der Waals surface area contributed by atoms with E-state index >= 15 is 0 Å². The smallest absolute Gasteiger partial charge is 0.134 e. The molecule has 0 fully saturated rings. The summed E-state index contributed by atoms with van der Waals surface area (Å²) < 4.78 is 11.6. The van der Waals surface area contributed by atoms with Crippen molar-refractivity contribution in [1.82, 2.24) is 0 Å². The molecule has 3 rings (SSSR count). The van der Waals surface area contributed by atoms with Crippen molar-refractivity contribution >= 4 is 11.0 Å². The van der Waals surface area contributed by atoms with Gasteiger partial charge >= 0.3 is 0 Å². The van der Waals surface area contributed by atoms with Crippen LogP contribution in [-0.2, 0) is 6.42 Å². The van der Waals surface area contributed by atoms with Crippen LogP contribution >= 0.6 is 0 Å². The van der Waals surface area contributed by atoms with Gasteiger partial charge in [0.1, 0.15) is 23.7 Å². The third-order valence-corrected chi connectivity index (χ3v) is 3.58. The fourth-order valence-corrected chi connectivity index (χ4v) is 2.38. The molecular weight excluding hydrogens is 262 g/mol. The molecule has 0 saturated heterocycles. The predicted octanol–water partition coefficient (Wildman–Crippen LogP) is 4.07. The molecule has 3 heteroatoms. The van der Waals surface area contributed by atoms with Gasteiger partial charge in [0.15, 0.2) is 0 Å². The monoisotopic (exact) mass is 281 g/mol. The first-order chi connectivity index (χ1) is 10.3. The normalized spacial score (nSPS) is 12.5. The summed E-state index contributed by atoms with van der Waals surface area (Å²) in [5, 5.41) is 1.07. The number of hydrogen-bond acceptors (Lipinski definition) is 3. The maximum Gasteiger partial charge on any atom is 0.134 e. The van der Waals surface area contributed by atoms with Crippen molar-refractivity contribution in [1.29, 1.82) is 0 Å². The molecule has 0 saturated carbocycles. The molecule has 21 heavy (non-hydrogen) atoms. The number of benzene rings is 2. The zero-order chi connectivity index (χ0) is 14.7. The van der Waals surface area contributed by atoms with Crippen molar-refractivity contribution in [3.05, 3.63) is 65.9 Å². The van der Waals surface area contributed by atoms with Crippen LogP contribution in [0.1, 0.15) is 24.3 Å². The van der Waals surface area contributed by atoms with Gasteiger partial charge < -0.3 is 14.9 Å². The molecule has 1 unspecified atom stereocenters. The molecule has 2 aromatic carbocycles. The fourth-order valence-electron chi connectivity index (χ4n) is 2.38. The molecule has 0 amide bonds. The SMILES string of the molecule is CCc1ccccc1OCC(N)c1cc2ccccc2o1. The topological polar surface area (TPSA) is 48.4 Å². The molecule has 1 atom stereocenters. The van der Waals surface area contributed by atoms with Crippen molar-refractivity contribution in [2.24, 2.45) is 5.73 Å². The lowest BCUT2D eigenvalue weighted by Gasteiger charge is -2.13. The number of rotatable bonds is 5. The Hall–Kier alpha value is -2.26. The summed E-state index contributed by atoms with van der Waals surface area (Å²) in [6.07, 6.45) is 0.941. The minimum Gasteiger partial charge on any atom is -0.491 e. The van der Waals surface area contributed by atoms with Crippen LogP contribution in [0.2, 0.25) is 0 Å². The van der Waals surface area contributed by atoms with E-state index in [2.05, 4.69) is 13.0 Å². The molecule has 0 spiro atoms. The molecule has 0 radical (unpaired) electrons. The van der Waals surface area contributed by atoms with E-state index in [9.17, 15) is 0 Å². The Morgan fingerprint density at radius 1 is 1.10 bits per heavy atom. The molecule has 0 bridgehead atoms. The van der Waals surface area contributed by atoms with Gasteiger partial charge in [-0.15, -0.1) is 0 Å². The summed E-state index contributed by atoms with van der Waals surface area (Å²) in [4.78, 5) is 0. The predicted molar refractivity (Wildman–Crippen MR) is 84.5 cm³/mol. The van der Waals surface area contributed by atoms with Gasteiger partial charge in [-0.25, -0.2) is 0 Å². The molecule has 3 aromatic rings. The molecule has 2 N–H and O–H groups in total. The van der Waals surface area contributed by atoms with Crippen LogP contribution in [0.3, 0.4) is 0 Å². The van der Waals surface area contributed by atoms with Crippen LogP contribution < -0.4 is 10.5 Å². The highest BCUT2D eigenvalue weighted by atomic mass is 16.5. The molecule has 0 aliphatic heterocycles. The summed E-state index contributed by atoms with van der Waals surface area (Å²) in [7, 11) is 0. The molecule has 3 nitrogen and oxygen atoms in total. The van der Waals surface area contributed by atoms with Gasteiger partial charge in [-0.1, -0.05) is 43.3 Å². The summed E-state index contributed by atoms with van der Waals surface area (Å²) in [6, 6.07) is 17.6. The van der Waals surface area contributed by atoms with Gasteiger partial charge in [0, 0.05) is 5.39 Å². The molecule has 1 heterocycles. The molecular formula is C18H19NO2. The highest BCUT2D eigenvalue weighted by Crippen LogP contribution is 2.24. The van der Waals surface area contributed by atoms with Crippen LogP contribution in [0.15, 0.2) is 59.0 Å². The van der Waals surface area contributed by atoms with Crippen molar-refractivity contribution in [2.75, 3.05) is 6.61 Å². The average Bonchev–Trinajstić information content (AvgIpc) is 2.97. The lowest BCUT2D eigenvalue weighted by atomic mass is 10.1. The molecule has 1 aromatic heterocycles. The van der Waals surface area contributed by atoms with E-state index in [0.717, 1.165) is 28.9 Å². The first-order valence-corrected chi connectivity index (χ1v) is 7.22. The number of ether oxygens (including phenoxy) is 1. The third kappa shape index (κ3) is 2.93. The standard InChI is InChI=1S/C18H19NO2/c1-2-13-7-3-5-9-16(13)20-12-15(19)18-11-14-8-4-6-10-17(14)21-18/h3-11,15H,2,12,19H2,1H3. The number of hydrogen-bond donors (Lipinski definition) is 1. The number of fused-ring (bicyclic) bond motifs is 1. The van der Waals surface area contributed by atoms with E-state index in [4.69, 9.17) is 14.9 Å². The molecule has 0 aliphatic rings. The molecule has 108 valence electrons. The first-order valence-electron chi connectivity index (χ1n) is 7.22. The van der Waals surface area contributed by atoms with Gasteiger partial charge in [-0.2, -0.15) is 0 Å². The van der Waals surface area contributed by atoms with Crippen molar-refractivity contribution in [2.45, 2.75) is 19.4 Å². The Labute approximate surface area is 124 Å². The van der Waals surface area contributed by atoms with Crippen LogP contribution in [0, 0.1) is 0 Å². The number of aryl methyl sites for hydroxylation is 1. The van der Waals surface area contributed by atoms with E-state index in [-0.39, 0.29) is 6.04 Å². The van der Waals surface area contributed by atoms with Crippen molar-refractivity contribution < 1.29 is 9.15 Å². The lowest BCUT2D eigenvalue weighted by molar-refractivity contribution is 0.273. The average molecular weight is 281 g/mol. The van der Waals surface area contributed by atoms with E-state index in [0.29, 0.717) is 6.61 Å². The second-order valence-electron chi connectivity index (χ2n) is 5.07. The zero-order valence-electron chi connectivity index (χ0n) is 12.1. The summed E-state index contributed by atoms with van der Waals surface area (Å²) in [6.45, 7) is 2.51. The van der Waals surface area contributed by atoms with Gasteiger partial charge in [-0.05, 0) is 30.2 Å². The maximum absolute atomic E-state index is 6.18. The Balaban J connectivity index is 1.72. The van der Waals surface area contributed by atoms with Gasteiger partial charge in [0.05, 0.1) is 6.04 Å². The Morgan fingerprint density at radius 2 is 1.86 bits per heavy atom. The quantitative estimate of drug-likeness (QED) is 0.766. The Morgan fingerprint density at radius 3 is 2.67 bits per heavy atom. The number of para-hydroxylation sites is 2. The van der Waals surface area contributed by atoms with Crippen LogP contribution in [0.5, 0.6) is 5.75 Å². The second kappa shape index (κ2) is 6.02. The van der Waals surface area contributed by atoms with Crippen molar-refractivity contribution in [3.8, 4) is 5.75 Å². The van der Waals surface area contributed by atoms with E-state index in [1.165, 1.54) is 5.56 Å². The van der Waals surface area contributed by atoms with Crippen molar-refractivity contribution in [3.63, 3.8) is 0 Å². The fraction of sp³-hybridized carbons (Fsp3) is 0.222. The Kier molecular flexibility index (Phi) is 3.93. The van der Waals surface area contributed by atoms with Crippen LogP contribution in [0.25, 0.3) is 11.0 Å². The minimum atomic E-state index is -0.276. The summed E-state index contributed by atoms with van der Waals surface area (Å²) in [5.41, 5.74) is 8.23. The van der Waals surface area contributed by atoms with Gasteiger partial charge in [0.2, 0.25) is 0 Å². The van der Waals surface area contributed by atoms with E-state index < -0.39 is 0 Å². The Bertz CT molecular complexity index is 700. The maximum atomic E-state index is 6.18. The highest BCUT2D eigenvalue weighted by molar-refractivity contribution is 5.77. The second-order valence-corrected chi connectivity index (χ2v) is 5.07. The van der Waals surface area contributed by atoms with Crippen LogP contribution in [-0.4, -0.2) is 6.61 Å².